The molecular weight excluding hydrogens is 266 g/mol. The van der Waals surface area contributed by atoms with Crippen LogP contribution >= 0.6 is 0 Å². The second-order valence-corrected chi connectivity index (χ2v) is 5.48. The van der Waals surface area contributed by atoms with E-state index >= 15 is 0 Å². The van der Waals surface area contributed by atoms with E-state index in [4.69, 9.17) is 4.74 Å². The van der Waals surface area contributed by atoms with Crippen molar-refractivity contribution in [2.24, 2.45) is 0 Å². The number of carbonyl (C=O) groups is 1. The normalized spacial score (nSPS) is 16.9. The van der Waals surface area contributed by atoms with Gasteiger partial charge in [-0.15, -0.1) is 0 Å². The number of aromatic nitrogens is 2. The molecule has 0 fully saturated rings. The molecule has 0 saturated carbocycles. The Morgan fingerprint density at radius 1 is 1.19 bits per heavy atom. The molecule has 0 aliphatic carbocycles. The molecule has 5 heteroatoms. The molecule has 0 atom stereocenters. The van der Waals surface area contributed by atoms with E-state index in [0.29, 0.717) is 18.2 Å². The molecule has 2 aliphatic rings. The Labute approximate surface area is 123 Å². The van der Waals surface area contributed by atoms with Gasteiger partial charge in [-0.3, -0.25) is 4.79 Å². The van der Waals surface area contributed by atoms with Crippen LogP contribution in [0.5, 0.6) is 5.88 Å². The molecular formula is C16H17N3O2. The molecule has 5 nitrogen and oxygen atoms in total. The van der Waals surface area contributed by atoms with Crippen LogP contribution in [0.2, 0.25) is 0 Å². The Bertz CT molecular complexity index is 669. The zero-order valence-corrected chi connectivity index (χ0v) is 11.8. The van der Waals surface area contributed by atoms with Crippen LogP contribution in [0.15, 0.2) is 30.3 Å². The molecule has 4 rings (SSSR count). The Balaban J connectivity index is 1.68. The van der Waals surface area contributed by atoms with Crippen LogP contribution < -0.4 is 9.64 Å². The first-order valence-corrected chi connectivity index (χ1v) is 7.43. The molecule has 0 saturated heterocycles. The minimum absolute atomic E-state index is 0.0346. The Hall–Kier alpha value is -2.30. The van der Waals surface area contributed by atoms with Crippen LogP contribution in [0.3, 0.4) is 0 Å². The third-order valence-electron chi connectivity index (χ3n) is 4.08. The number of ether oxygens (including phenoxy) is 1. The highest BCUT2D eigenvalue weighted by Gasteiger charge is 2.26. The minimum Gasteiger partial charge on any atom is -0.478 e. The third-order valence-corrected chi connectivity index (χ3v) is 4.08. The smallest absolute Gasteiger partial charge is 0.278 e. The predicted octanol–water partition coefficient (Wildman–Crippen LogP) is 2.26. The fourth-order valence-electron chi connectivity index (χ4n) is 3.05. The van der Waals surface area contributed by atoms with E-state index in [1.807, 2.05) is 23.1 Å². The van der Waals surface area contributed by atoms with Gasteiger partial charge in [-0.05, 0) is 24.5 Å². The minimum atomic E-state index is -0.0346. The summed E-state index contributed by atoms with van der Waals surface area (Å²) in [5, 5.41) is 4.40. The fraction of sp³-hybridized carbons (Fsp3) is 0.375. The average Bonchev–Trinajstić information content (AvgIpc) is 2.97. The molecule has 2 aromatic rings. The van der Waals surface area contributed by atoms with Gasteiger partial charge in [-0.2, -0.15) is 5.10 Å². The van der Waals surface area contributed by atoms with Gasteiger partial charge in [0, 0.05) is 31.3 Å². The van der Waals surface area contributed by atoms with Gasteiger partial charge in [0.05, 0.1) is 6.61 Å². The summed E-state index contributed by atoms with van der Waals surface area (Å²) < 4.78 is 7.33. The maximum atomic E-state index is 12.8. The molecule has 21 heavy (non-hydrogen) atoms. The first kappa shape index (κ1) is 12.4. The summed E-state index contributed by atoms with van der Waals surface area (Å²) in [5.74, 6) is 0.669. The highest BCUT2D eigenvalue weighted by Crippen LogP contribution is 2.28. The number of anilines is 1. The number of aryl methyl sites for hydroxylation is 2. The van der Waals surface area contributed by atoms with Crippen molar-refractivity contribution < 1.29 is 9.53 Å². The number of carbonyl (C=O) groups excluding carboxylic acids is 1. The summed E-state index contributed by atoms with van der Waals surface area (Å²) in [6.07, 6.45) is 2.96. The number of para-hydroxylation sites is 1. The Morgan fingerprint density at radius 2 is 2.10 bits per heavy atom. The molecule has 2 aliphatic heterocycles. The molecule has 1 aromatic carbocycles. The van der Waals surface area contributed by atoms with Gasteiger partial charge >= 0.3 is 0 Å². The maximum Gasteiger partial charge on any atom is 0.278 e. The standard InChI is InChI=1S/C16H17N3O2/c20-16(13-11-15-19(17-13)9-4-10-21-15)18-8-3-6-12-5-1-2-7-14(12)18/h1-2,5,7,11H,3-4,6,8-10H2. The SMILES string of the molecule is O=C(c1cc2n(n1)CCCO2)N1CCCc2ccccc21. The summed E-state index contributed by atoms with van der Waals surface area (Å²) in [4.78, 5) is 14.6. The van der Waals surface area contributed by atoms with Crippen LogP contribution in [-0.2, 0) is 13.0 Å². The molecule has 0 spiro atoms. The molecule has 108 valence electrons. The number of benzene rings is 1. The number of rotatable bonds is 1. The van der Waals surface area contributed by atoms with Crippen LogP contribution in [0, 0.1) is 0 Å². The summed E-state index contributed by atoms with van der Waals surface area (Å²) in [7, 11) is 0. The zero-order valence-electron chi connectivity index (χ0n) is 11.8. The summed E-state index contributed by atoms with van der Waals surface area (Å²) in [6.45, 7) is 2.27. The largest absolute Gasteiger partial charge is 0.478 e. The van der Waals surface area contributed by atoms with Crippen molar-refractivity contribution in [1.82, 2.24) is 9.78 Å². The maximum absolute atomic E-state index is 12.8. The lowest BCUT2D eigenvalue weighted by molar-refractivity contribution is 0.0979. The van der Waals surface area contributed by atoms with Crippen LogP contribution in [-0.4, -0.2) is 28.8 Å². The van der Waals surface area contributed by atoms with Crippen LogP contribution in [0.25, 0.3) is 0 Å². The Kier molecular flexibility index (Phi) is 2.91. The molecule has 0 bridgehead atoms. The molecule has 1 amide bonds. The van der Waals surface area contributed by atoms with Gasteiger partial charge in [0.15, 0.2) is 5.69 Å². The van der Waals surface area contributed by atoms with Crippen molar-refractivity contribution in [3.8, 4) is 5.88 Å². The first-order valence-electron chi connectivity index (χ1n) is 7.43. The molecule has 0 radical (unpaired) electrons. The second-order valence-electron chi connectivity index (χ2n) is 5.48. The van der Waals surface area contributed by atoms with Crippen molar-refractivity contribution >= 4 is 11.6 Å². The number of hydrogen-bond acceptors (Lipinski definition) is 3. The summed E-state index contributed by atoms with van der Waals surface area (Å²) >= 11 is 0. The monoisotopic (exact) mass is 283 g/mol. The number of nitrogens with zero attached hydrogens (tertiary/aromatic N) is 3. The molecule has 3 heterocycles. The number of hydrogen-bond donors (Lipinski definition) is 0. The van der Waals surface area contributed by atoms with E-state index in [1.54, 1.807) is 10.7 Å². The number of fused-ring (bicyclic) bond motifs is 2. The third kappa shape index (κ3) is 2.09. The van der Waals surface area contributed by atoms with Gasteiger partial charge in [0.1, 0.15) is 0 Å². The molecule has 0 unspecified atom stereocenters. The highest BCUT2D eigenvalue weighted by atomic mass is 16.5. The zero-order chi connectivity index (χ0) is 14.2. The van der Waals surface area contributed by atoms with Gasteiger partial charge in [0.25, 0.3) is 5.91 Å². The topological polar surface area (TPSA) is 47.4 Å². The Morgan fingerprint density at radius 3 is 3.00 bits per heavy atom. The van der Waals surface area contributed by atoms with E-state index in [1.165, 1.54) is 5.56 Å². The first-order chi connectivity index (χ1) is 10.3. The van der Waals surface area contributed by atoms with Crippen LogP contribution in [0.4, 0.5) is 5.69 Å². The van der Waals surface area contributed by atoms with E-state index in [9.17, 15) is 4.79 Å². The van der Waals surface area contributed by atoms with E-state index in [2.05, 4.69) is 11.2 Å². The van der Waals surface area contributed by atoms with E-state index in [-0.39, 0.29) is 5.91 Å². The predicted molar refractivity (Wildman–Crippen MR) is 78.8 cm³/mol. The van der Waals surface area contributed by atoms with Gasteiger partial charge in [-0.1, -0.05) is 18.2 Å². The fourth-order valence-corrected chi connectivity index (χ4v) is 3.05. The molecule has 0 N–H and O–H groups in total. The second kappa shape index (κ2) is 4.91. The van der Waals surface area contributed by atoms with Crippen molar-refractivity contribution in [3.63, 3.8) is 0 Å². The van der Waals surface area contributed by atoms with Gasteiger partial charge < -0.3 is 9.64 Å². The average molecular weight is 283 g/mol. The highest BCUT2D eigenvalue weighted by molar-refractivity contribution is 6.05. The lowest BCUT2D eigenvalue weighted by Gasteiger charge is -2.28. The lowest BCUT2D eigenvalue weighted by Crippen LogP contribution is -2.35. The van der Waals surface area contributed by atoms with E-state index < -0.39 is 0 Å². The van der Waals surface area contributed by atoms with Crippen molar-refractivity contribution in [3.05, 3.63) is 41.6 Å². The van der Waals surface area contributed by atoms with Gasteiger partial charge in [0.2, 0.25) is 5.88 Å². The van der Waals surface area contributed by atoms with Gasteiger partial charge in [-0.25, -0.2) is 4.68 Å². The van der Waals surface area contributed by atoms with E-state index in [0.717, 1.165) is 38.0 Å². The molecule has 1 aromatic heterocycles. The number of amides is 1. The summed E-state index contributed by atoms with van der Waals surface area (Å²) in [5.41, 5.74) is 2.72. The summed E-state index contributed by atoms with van der Waals surface area (Å²) in [6, 6.07) is 9.87. The van der Waals surface area contributed by atoms with Crippen molar-refractivity contribution in [2.75, 3.05) is 18.1 Å². The quantitative estimate of drug-likeness (QED) is 0.806. The van der Waals surface area contributed by atoms with Crippen LogP contribution in [0.1, 0.15) is 28.9 Å². The van der Waals surface area contributed by atoms with Crippen molar-refractivity contribution in [1.29, 1.82) is 0 Å². The lowest BCUT2D eigenvalue weighted by atomic mass is 10.0. The van der Waals surface area contributed by atoms with Crippen molar-refractivity contribution in [2.45, 2.75) is 25.8 Å².